The second kappa shape index (κ2) is 4.24. The molecular formula is C10H22N2. The normalized spacial score (nSPS) is 24.8. The van der Waals surface area contributed by atoms with E-state index in [0.717, 1.165) is 12.5 Å². The molecule has 72 valence electrons. The molecule has 1 heterocycles. The van der Waals surface area contributed by atoms with Crippen molar-refractivity contribution in [1.82, 2.24) is 10.6 Å². The molecule has 2 nitrogen and oxygen atoms in total. The van der Waals surface area contributed by atoms with Gasteiger partial charge in [-0.15, -0.1) is 0 Å². The summed E-state index contributed by atoms with van der Waals surface area (Å²) < 4.78 is 0. The highest BCUT2D eigenvalue weighted by atomic mass is 14.9. The van der Waals surface area contributed by atoms with Gasteiger partial charge in [-0.05, 0) is 59.2 Å². The molecule has 2 N–H and O–H groups in total. The molecule has 0 aliphatic carbocycles. The summed E-state index contributed by atoms with van der Waals surface area (Å²) in [6, 6.07) is 0. The Balaban J connectivity index is 2.02. The van der Waals surface area contributed by atoms with Gasteiger partial charge in [0.25, 0.3) is 0 Å². The second-order valence-electron chi connectivity index (χ2n) is 4.82. The summed E-state index contributed by atoms with van der Waals surface area (Å²) in [6.45, 7) is 10.3. The maximum Gasteiger partial charge on any atom is 0.00965 e. The van der Waals surface area contributed by atoms with Crippen LogP contribution in [0.4, 0.5) is 0 Å². The summed E-state index contributed by atoms with van der Waals surface area (Å²) in [4.78, 5) is 0. The topological polar surface area (TPSA) is 24.1 Å². The Morgan fingerprint density at radius 2 is 2.17 bits per heavy atom. The van der Waals surface area contributed by atoms with Gasteiger partial charge in [0.15, 0.2) is 0 Å². The van der Waals surface area contributed by atoms with Gasteiger partial charge in [0, 0.05) is 5.54 Å². The van der Waals surface area contributed by atoms with Crippen LogP contribution in [0, 0.1) is 5.92 Å². The van der Waals surface area contributed by atoms with Gasteiger partial charge in [0.2, 0.25) is 0 Å². The maximum absolute atomic E-state index is 3.52. The zero-order valence-corrected chi connectivity index (χ0v) is 8.61. The SMILES string of the molecule is CC(C)(C)NCCC1CCNC1. The van der Waals surface area contributed by atoms with Gasteiger partial charge in [-0.25, -0.2) is 0 Å². The van der Waals surface area contributed by atoms with Gasteiger partial charge in [-0.2, -0.15) is 0 Å². The minimum Gasteiger partial charge on any atom is -0.316 e. The lowest BCUT2D eigenvalue weighted by Gasteiger charge is -2.21. The average Bonchev–Trinajstić information content (AvgIpc) is 2.36. The molecule has 0 aromatic carbocycles. The highest BCUT2D eigenvalue weighted by molar-refractivity contribution is 4.75. The average molecular weight is 170 g/mol. The van der Waals surface area contributed by atoms with Crippen molar-refractivity contribution < 1.29 is 0 Å². The first-order valence-corrected chi connectivity index (χ1v) is 5.04. The van der Waals surface area contributed by atoms with E-state index in [1.807, 2.05) is 0 Å². The molecule has 0 amide bonds. The monoisotopic (exact) mass is 170 g/mol. The number of hydrogen-bond acceptors (Lipinski definition) is 2. The van der Waals surface area contributed by atoms with E-state index in [2.05, 4.69) is 31.4 Å². The molecule has 0 radical (unpaired) electrons. The van der Waals surface area contributed by atoms with Crippen LogP contribution in [0.25, 0.3) is 0 Å². The van der Waals surface area contributed by atoms with Crippen LogP contribution in [-0.2, 0) is 0 Å². The summed E-state index contributed by atoms with van der Waals surface area (Å²) in [5.74, 6) is 0.917. The zero-order valence-electron chi connectivity index (χ0n) is 8.61. The fourth-order valence-corrected chi connectivity index (χ4v) is 1.61. The van der Waals surface area contributed by atoms with Crippen molar-refractivity contribution in [2.24, 2.45) is 5.92 Å². The molecule has 1 atom stereocenters. The summed E-state index contributed by atoms with van der Waals surface area (Å²) in [6.07, 6.45) is 2.69. The van der Waals surface area contributed by atoms with Crippen LogP contribution in [0.1, 0.15) is 33.6 Å². The lowest BCUT2D eigenvalue weighted by molar-refractivity contribution is 0.394. The number of hydrogen-bond donors (Lipinski definition) is 2. The minimum absolute atomic E-state index is 0.284. The quantitative estimate of drug-likeness (QED) is 0.668. The highest BCUT2D eigenvalue weighted by Gasteiger charge is 2.15. The van der Waals surface area contributed by atoms with E-state index in [-0.39, 0.29) is 5.54 Å². The van der Waals surface area contributed by atoms with Gasteiger partial charge in [0.05, 0.1) is 0 Å². The van der Waals surface area contributed by atoms with Crippen LogP contribution in [0.15, 0.2) is 0 Å². The van der Waals surface area contributed by atoms with Crippen molar-refractivity contribution in [1.29, 1.82) is 0 Å². The minimum atomic E-state index is 0.284. The van der Waals surface area contributed by atoms with Gasteiger partial charge in [0.1, 0.15) is 0 Å². The van der Waals surface area contributed by atoms with Crippen LogP contribution in [-0.4, -0.2) is 25.2 Å². The Morgan fingerprint density at radius 3 is 2.67 bits per heavy atom. The van der Waals surface area contributed by atoms with Crippen molar-refractivity contribution in [3.8, 4) is 0 Å². The molecule has 0 spiro atoms. The third-order valence-electron chi connectivity index (χ3n) is 2.37. The van der Waals surface area contributed by atoms with Crippen LogP contribution in [0.2, 0.25) is 0 Å². The third-order valence-corrected chi connectivity index (χ3v) is 2.37. The maximum atomic E-state index is 3.52. The van der Waals surface area contributed by atoms with Gasteiger partial charge < -0.3 is 10.6 Å². The summed E-state index contributed by atoms with van der Waals surface area (Å²) >= 11 is 0. The molecule has 1 fully saturated rings. The highest BCUT2D eigenvalue weighted by Crippen LogP contribution is 2.11. The molecule has 1 aliphatic heterocycles. The van der Waals surface area contributed by atoms with Gasteiger partial charge >= 0.3 is 0 Å². The van der Waals surface area contributed by atoms with E-state index in [0.29, 0.717) is 0 Å². The third kappa shape index (κ3) is 4.07. The van der Waals surface area contributed by atoms with E-state index in [1.165, 1.54) is 25.9 Å². The molecule has 2 heteroatoms. The Kier molecular flexibility index (Phi) is 3.53. The van der Waals surface area contributed by atoms with Gasteiger partial charge in [-0.1, -0.05) is 0 Å². The first-order valence-electron chi connectivity index (χ1n) is 5.04. The van der Waals surface area contributed by atoms with Gasteiger partial charge in [-0.3, -0.25) is 0 Å². The predicted molar refractivity (Wildman–Crippen MR) is 53.3 cm³/mol. The lowest BCUT2D eigenvalue weighted by atomic mass is 10.0. The first kappa shape index (κ1) is 10.0. The summed E-state index contributed by atoms with van der Waals surface area (Å²) in [7, 11) is 0. The van der Waals surface area contributed by atoms with E-state index < -0.39 is 0 Å². The molecule has 12 heavy (non-hydrogen) atoms. The molecule has 1 aliphatic rings. The Hall–Kier alpha value is -0.0800. The standard InChI is InChI=1S/C10H22N2/c1-10(2,3)12-7-5-9-4-6-11-8-9/h9,11-12H,4-8H2,1-3H3. The Morgan fingerprint density at radius 1 is 1.42 bits per heavy atom. The molecular weight excluding hydrogens is 148 g/mol. The molecule has 1 rings (SSSR count). The predicted octanol–water partition coefficient (Wildman–Crippen LogP) is 1.37. The van der Waals surface area contributed by atoms with Crippen molar-refractivity contribution in [2.45, 2.75) is 39.2 Å². The largest absolute Gasteiger partial charge is 0.316 e. The summed E-state index contributed by atoms with van der Waals surface area (Å²) in [5.41, 5.74) is 0.284. The fraction of sp³-hybridized carbons (Fsp3) is 1.00. The molecule has 1 unspecified atom stereocenters. The Labute approximate surface area is 76.1 Å². The van der Waals surface area contributed by atoms with Crippen molar-refractivity contribution in [3.05, 3.63) is 0 Å². The van der Waals surface area contributed by atoms with Crippen LogP contribution in [0.5, 0.6) is 0 Å². The number of rotatable bonds is 3. The fourth-order valence-electron chi connectivity index (χ4n) is 1.61. The zero-order chi connectivity index (χ0) is 9.03. The van der Waals surface area contributed by atoms with E-state index in [9.17, 15) is 0 Å². The molecule has 1 saturated heterocycles. The molecule has 0 aromatic rings. The van der Waals surface area contributed by atoms with E-state index in [4.69, 9.17) is 0 Å². The van der Waals surface area contributed by atoms with Crippen molar-refractivity contribution in [3.63, 3.8) is 0 Å². The lowest BCUT2D eigenvalue weighted by Crippen LogP contribution is -2.37. The van der Waals surface area contributed by atoms with Crippen LogP contribution < -0.4 is 10.6 Å². The van der Waals surface area contributed by atoms with Crippen molar-refractivity contribution >= 4 is 0 Å². The van der Waals surface area contributed by atoms with Crippen LogP contribution in [0.3, 0.4) is 0 Å². The number of nitrogens with one attached hydrogen (secondary N) is 2. The summed E-state index contributed by atoms with van der Waals surface area (Å²) in [5, 5.41) is 6.91. The van der Waals surface area contributed by atoms with E-state index >= 15 is 0 Å². The van der Waals surface area contributed by atoms with Crippen molar-refractivity contribution in [2.75, 3.05) is 19.6 Å². The first-order chi connectivity index (χ1) is 5.58. The smallest absolute Gasteiger partial charge is 0.00965 e. The van der Waals surface area contributed by atoms with E-state index in [1.54, 1.807) is 0 Å². The molecule has 0 aromatic heterocycles. The molecule has 0 bridgehead atoms. The van der Waals surface area contributed by atoms with Crippen LogP contribution >= 0.6 is 0 Å². The second-order valence-corrected chi connectivity index (χ2v) is 4.82. The Bertz CT molecular complexity index is 120. The molecule has 0 saturated carbocycles.